The number of aliphatic hydroxyl groups excluding tert-OH is 1. The van der Waals surface area contributed by atoms with Crippen LogP contribution in [0.25, 0.3) is 0 Å². The Labute approximate surface area is 85.5 Å². The van der Waals surface area contributed by atoms with Gasteiger partial charge in [0.25, 0.3) is 0 Å². The van der Waals surface area contributed by atoms with Crippen LogP contribution in [-0.2, 0) is 0 Å². The largest absolute Gasteiger partial charge is 0.491 e. The molecular weight excluding hydrogens is 176 g/mol. The molecule has 1 aromatic carbocycles. The fourth-order valence-electron chi connectivity index (χ4n) is 1.36. The van der Waals surface area contributed by atoms with Gasteiger partial charge in [-0.1, -0.05) is 11.6 Å². The van der Waals surface area contributed by atoms with Crippen LogP contribution in [0.3, 0.4) is 0 Å². The van der Waals surface area contributed by atoms with E-state index >= 15 is 0 Å². The standard InChI is InChI=1S/C12H18O2/c1-8(2)14-12-6-5-9(3)7-11(12)10(4)13/h5-8,10,13H,1-4H3/t10-/m1/s1. The third kappa shape index (κ3) is 2.74. The summed E-state index contributed by atoms with van der Waals surface area (Å²) in [5.74, 6) is 0.778. The minimum atomic E-state index is -0.483. The quantitative estimate of drug-likeness (QED) is 0.801. The first kappa shape index (κ1) is 11.1. The lowest BCUT2D eigenvalue weighted by molar-refractivity contribution is 0.183. The molecule has 0 aromatic heterocycles. The fourth-order valence-corrected chi connectivity index (χ4v) is 1.36. The molecule has 1 aromatic rings. The fraction of sp³-hybridized carbons (Fsp3) is 0.500. The van der Waals surface area contributed by atoms with E-state index in [9.17, 15) is 5.11 Å². The van der Waals surface area contributed by atoms with Gasteiger partial charge < -0.3 is 9.84 Å². The van der Waals surface area contributed by atoms with Crippen molar-refractivity contribution in [1.29, 1.82) is 0 Å². The van der Waals surface area contributed by atoms with E-state index in [2.05, 4.69) is 0 Å². The third-order valence-corrected chi connectivity index (χ3v) is 1.98. The third-order valence-electron chi connectivity index (χ3n) is 1.98. The highest BCUT2D eigenvalue weighted by Gasteiger charge is 2.10. The van der Waals surface area contributed by atoms with E-state index in [0.29, 0.717) is 0 Å². The van der Waals surface area contributed by atoms with E-state index in [1.165, 1.54) is 0 Å². The lowest BCUT2D eigenvalue weighted by Crippen LogP contribution is -2.08. The van der Waals surface area contributed by atoms with E-state index in [1.54, 1.807) is 6.92 Å². The van der Waals surface area contributed by atoms with Gasteiger partial charge in [-0.25, -0.2) is 0 Å². The number of hydrogen-bond donors (Lipinski definition) is 1. The van der Waals surface area contributed by atoms with Gasteiger partial charge >= 0.3 is 0 Å². The van der Waals surface area contributed by atoms with Crippen molar-refractivity contribution in [3.8, 4) is 5.75 Å². The second kappa shape index (κ2) is 4.47. The molecule has 2 heteroatoms. The van der Waals surface area contributed by atoms with Crippen LogP contribution in [0.15, 0.2) is 18.2 Å². The molecule has 0 aliphatic carbocycles. The topological polar surface area (TPSA) is 29.5 Å². The maximum absolute atomic E-state index is 9.56. The van der Waals surface area contributed by atoms with Gasteiger partial charge in [0.15, 0.2) is 0 Å². The second-order valence-electron chi connectivity index (χ2n) is 3.88. The van der Waals surface area contributed by atoms with Gasteiger partial charge in [0.2, 0.25) is 0 Å². The molecular formula is C12H18O2. The molecule has 0 spiro atoms. The number of ether oxygens (including phenoxy) is 1. The highest BCUT2D eigenvalue weighted by molar-refractivity contribution is 5.38. The summed E-state index contributed by atoms with van der Waals surface area (Å²) in [6, 6.07) is 5.86. The van der Waals surface area contributed by atoms with Gasteiger partial charge in [0.05, 0.1) is 12.2 Å². The van der Waals surface area contributed by atoms with Gasteiger partial charge in [-0.15, -0.1) is 0 Å². The van der Waals surface area contributed by atoms with E-state index < -0.39 is 6.10 Å². The number of benzene rings is 1. The van der Waals surface area contributed by atoms with Crippen LogP contribution < -0.4 is 4.74 Å². The predicted octanol–water partition coefficient (Wildman–Crippen LogP) is 2.84. The van der Waals surface area contributed by atoms with E-state index in [4.69, 9.17) is 4.74 Å². The average Bonchev–Trinajstić information content (AvgIpc) is 2.07. The Morgan fingerprint density at radius 3 is 2.36 bits per heavy atom. The molecule has 1 rings (SSSR count). The van der Waals surface area contributed by atoms with Crippen molar-refractivity contribution in [2.24, 2.45) is 0 Å². The molecule has 1 N–H and O–H groups in total. The van der Waals surface area contributed by atoms with Crippen molar-refractivity contribution in [3.05, 3.63) is 29.3 Å². The first-order chi connectivity index (χ1) is 6.50. The highest BCUT2D eigenvalue weighted by Crippen LogP contribution is 2.26. The molecule has 0 saturated heterocycles. The Bertz CT molecular complexity index is 303. The summed E-state index contributed by atoms with van der Waals surface area (Å²) < 4.78 is 5.60. The smallest absolute Gasteiger partial charge is 0.125 e. The van der Waals surface area contributed by atoms with Gasteiger partial charge in [0.1, 0.15) is 5.75 Å². The molecule has 0 aliphatic rings. The summed E-state index contributed by atoms with van der Waals surface area (Å²) in [6.07, 6.45) is -0.348. The highest BCUT2D eigenvalue weighted by atomic mass is 16.5. The molecule has 78 valence electrons. The average molecular weight is 194 g/mol. The summed E-state index contributed by atoms with van der Waals surface area (Å²) in [6.45, 7) is 7.71. The summed E-state index contributed by atoms with van der Waals surface area (Å²) in [5, 5.41) is 9.56. The number of aryl methyl sites for hydroxylation is 1. The zero-order valence-corrected chi connectivity index (χ0v) is 9.24. The van der Waals surface area contributed by atoms with Crippen molar-refractivity contribution in [3.63, 3.8) is 0 Å². The molecule has 0 fully saturated rings. The number of hydrogen-bond acceptors (Lipinski definition) is 2. The maximum Gasteiger partial charge on any atom is 0.125 e. The molecule has 0 aliphatic heterocycles. The van der Waals surface area contributed by atoms with Crippen LogP contribution in [0.2, 0.25) is 0 Å². The summed E-state index contributed by atoms with van der Waals surface area (Å²) in [5.41, 5.74) is 2.00. The second-order valence-corrected chi connectivity index (χ2v) is 3.88. The Hall–Kier alpha value is -1.02. The maximum atomic E-state index is 9.56. The number of rotatable bonds is 3. The molecule has 0 saturated carbocycles. The van der Waals surface area contributed by atoms with Crippen LogP contribution in [0, 0.1) is 6.92 Å². The van der Waals surface area contributed by atoms with Crippen molar-refractivity contribution in [2.45, 2.75) is 39.9 Å². The van der Waals surface area contributed by atoms with Crippen molar-refractivity contribution >= 4 is 0 Å². The molecule has 0 heterocycles. The van der Waals surface area contributed by atoms with Gasteiger partial charge in [-0.2, -0.15) is 0 Å². The predicted molar refractivity (Wildman–Crippen MR) is 57.6 cm³/mol. The van der Waals surface area contributed by atoms with Crippen LogP contribution >= 0.6 is 0 Å². The van der Waals surface area contributed by atoms with E-state index in [0.717, 1.165) is 16.9 Å². The Morgan fingerprint density at radius 1 is 1.21 bits per heavy atom. The SMILES string of the molecule is Cc1ccc(OC(C)C)c([C@@H](C)O)c1. The monoisotopic (exact) mass is 194 g/mol. The van der Waals surface area contributed by atoms with Crippen molar-refractivity contribution in [2.75, 3.05) is 0 Å². The van der Waals surface area contributed by atoms with E-state index in [1.807, 2.05) is 39.0 Å². The van der Waals surface area contributed by atoms with Crippen LogP contribution in [0.4, 0.5) is 0 Å². The van der Waals surface area contributed by atoms with E-state index in [-0.39, 0.29) is 6.10 Å². The Kier molecular flexibility index (Phi) is 3.53. The Balaban J connectivity index is 3.02. The van der Waals surface area contributed by atoms with Gasteiger partial charge in [-0.05, 0) is 39.8 Å². The molecule has 0 radical (unpaired) electrons. The Morgan fingerprint density at radius 2 is 1.86 bits per heavy atom. The van der Waals surface area contributed by atoms with Crippen LogP contribution in [0.5, 0.6) is 5.75 Å². The molecule has 0 unspecified atom stereocenters. The zero-order valence-electron chi connectivity index (χ0n) is 9.24. The zero-order chi connectivity index (χ0) is 10.7. The van der Waals surface area contributed by atoms with Crippen LogP contribution in [0.1, 0.15) is 38.0 Å². The van der Waals surface area contributed by atoms with Gasteiger partial charge in [0, 0.05) is 5.56 Å². The molecule has 2 nitrogen and oxygen atoms in total. The summed E-state index contributed by atoms with van der Waals surface area (Å²) in [7, 11) is 0. The minimum Gasteiger partial charge on any atom is -0.491 e. The normalized spacial score (nSPS) is 13.0. The first-order valence-corrected chi connectivity index (χ1v) is 4.96. The van der Waals surface area contributed by atoms with Crippen molar-refractivity contribution < 1.29 is 9.84 Å². The molecule has 0 amide bonds. The van der Waals surface area contributed by atoms with Crippen molar-refractivity contribution in [1.82, 2.24) is 0 Å². The number of aliphatic hydroxyl groups is 1. The first-order valence-electron chi connectivity index (χ1n) is 4.96. The summed E-state index contributed by atoms with van der Waals surface area (Å²) in [4.78, 5) is 0. The van der Waals surface area contributed by atoms with Gasteiger partial charge in [-0.3, -0.25) is 0 Å². The molecule has 14 heavy (non-hydrogen) atoms. The van der Waals surface area contributed by atoms with Crippen LogP contribution in [-0.4, -0.2) is 11.2 Å². The lowest BCUT2D eigenvalue weighted by Gasteiger charge is -2.16. The molecule has 1 atom stereocenters. The lowest BCUT2D eigenvalue weighted by atomic mass is 10.1. The molecule has 0 bridgehead atoms. The summed E-state index contributed by atoms with van der Waals surface area (Å²) >= 11 is 0. The minimum absolute atomic E-state index is 0.134.